The minimum atomic E-state index is -0.144. The standard InChI is InChI=1S/C14H28N2O2/c1-10(12(17)15-7-8-18-6)16-9-11-13(2,3)14(11,4)5/h10-11,16H,7-9H2,1-6H3,(H,15,17). The first kappa shape index (κ1) is 15.4. The van der Waals surface area contributed by atoms with Crippen LogP contribution in [0.2, 0.25) is 0 Å². The Morgan fingerprint density at radius 3 is 2.28 bits per heavy atom. The van der Waals surface area contributed by atoms with E-state index in [1.807, 2.05) is 6.92 Å². The van der Waals surface area contributed by atoms with Crippen LogP contribution in [0.4, 0.5) is 0 Å². The molecule has 106 valence electrons. The van der Waals surface area contributed by atoms with Gasteiger partial charge in [-0.3, -0.25) is 4.79 Å². The predicted octanol–water partition coefficient (Wildman–Crippen LogP) is 1.41. The molecule has 1 atom stereocenters. The molecule has 1 rings (SSSR count). The van der Waals surface area contributed by atoms with Gasteiger partial charge in [0.1, 0.15) is 0 Å². The van der Waals surface area contributed by atoms with Crippen molar-refractivity contribution in [3.63, 3.8) is 0 Å². The molecule has 1 aliphatic carbocycles. The first-order valence-electron chi connectivity index (χ1n) is 6.75. The number of amides is 1. The van der Waals surface area contributed by atoms with Crippen molar-refractivity contribution in [3.05, 3.63) is 0 Å². The second kappa shape index (κ2) is 5.57. The lowest BCUT2D eigenvalue weighted by Gasteiger charge is -2.14. The summed E-state index contributed by atoms with van der Waals surface area (Å²) in [5.41, 5.74) is 0.735. The van der Waals surface area contributed by atoms with Gasteiger partial charge in [-0.05, 0) is 30.2 Å². The lowest BCUT2D eigenvalue weighted by molar-refractivity contribution is -0.122. The van der Waals surface area contributed by atoms with Gasteiger partial charge in [0, 0.05) is 13.7 Å². The fourth-order valence-electron chi connectivity index (χ4n) is 2.66. The Balaban J connectivity index is 2.26. The summed E-state index contributed by atoms with van der Waals surface area (Å²) in [5.74, 6) is 0.683. The molecule has 0 bridgehead atoms. The average molecular weight is 256 g/mol. The molecule has 4 nitrogen and oxygen atoms in total. The summed E-state index contributed by atoms with van der Waals surface area (Å²) < 4.78 is 4.90. The van der Waals surface area contributed by atoms with Gasteiger partial charge in [0.15, 0.2) is 0 Å². The predicted molar refractivity (Wildman–Crippen MR) is 73.4 cm³/mol. The van der Waals surface area contributed by atoms with E-state index in [1.165, 1.54) is 0 Å². The number of methoxy groups -OCH3 is 1. The highest BCUT2D eigenvalue weighted by atomic mass is 16.5. The van der Waals surface area contributed by atoms with Crippen molar-refractivity contribution < 1.29 is 9.53 Å². The highest BCUT2D eigenvalue weighted by molar-refractivity contribution is 5.81. The Hall–Kier alpha value is -0.610. The molecule has 2 N–H and O–H groups in total. The largest absolute Gasteiger partial charge is 0.383 e. The summed E-state index contributed by atoms with van der Waals surface area (Å²) >= 11 is 0. The topological polar surface area (TPSA) is 50.4 Å². The summed E-state index contributed by atoms with van der Waals surface area (Å²) in [6.07, 6.45) is 0. The summed E-state index contributed by atoms with van der Waals surface area (Å²) in [7, 11) is 1.63. The number of hydrogen-bond acceptors (Lipinski definition) is 3. The maximum absolute atomic E-state index is 11.7. The Morgan fingerprint density at radius 1 is 1.28 bits per heavy atom. The van der Waals surface area contributed by atoms with Gasteiger partial charge in [-0.2, -0.15) is 0 Å². The highest BCUT2D eigenvalue weighted by Crippen LogP contribution is 2.67. The lowest BCUT2D eigenvalue weighted by Crippen LogP contribution is -2.44. The van der Waals surface area contributed by atoms with Gasteiger partial charge in [-0.15, -0.1) is 0 Å². The molecule has 0 spiro atoms. The van der Waals surface area contributed by atoms with Crippen LogP contribution in [-0.4, -0.2) is 38.8 Å². The second-order valence-corrected chi connectivity index (χ2v) is 6.41. The Bertz CT molecular complexity index is 286. The molecule has 1 unspecified atom stereocenters. The molecule has 0 heterocycles. The van der Waals surface area contributed by atoms with Crippen LogP contribution < -0.4 is 10.6 Å². The summed E-state index contributed by atoms with van der Waals surface area (Å²) in [6.45, 7) is 13.1. The van der Waals surface area contributed by atoms with Crippen molar-refractivity contribution in [3.8, 4) is 0 Å². The molecule has 1 aliphatic rings. The number of rotatable bonds is 7. The van der Waals surface area contributed by atoms with E-state index in [0.717, 1.165) is 6.54 Å². The fourth-order valence-corrected chi connectivity index (χ4v) is 2.66. The van der Waals surface area contributed by atoms with Crippen LogP contribution in [0.5, 0.6) is 0 Å². The third-order valence-electron chi connectivity index (χ3n) is 4.95. The van der Waals surface area contributed by atoms with Gasteiger partial charge in [-0.25, -0.2) is 0 Å². The van der Waals surface area contributed by atoms with Crippen molar-refractivity contribution in [1.82, 2.24) is 10.6 Å². The number of carbonyl (C=O) groups is 1. The zero-order valence-electron chi connectivity index (χ0n) is 12.6. The molecule has 0 aromatic carbocycles. The van der Waals surface area contributed by atoms with Crippen LogP contribution in [0.1, 0.15) is 34.6 Å². The molecule has 0 aromatic rings. The third-order valence-corrected chi connectivity index (χ3v) is 4.95. The molecule has 0 radical (unpaired) electrons. The van der Waals surface area contributed by atoms with E-state index < -0.39 is 0 Å². The zero-order chi connectivity index (χ0) is 14.0. The summed E-state index contributed by atoms with van der Waals surface area (Å²) in [6, 6.07) is -0.144. The van der Waals surface area contributed by atoms with Crippen LogP contribution in [0.15, 0.2) is 0 Å². The molecule has 1 amide bonds. The number of ether oxygens (including phenoxy) is 1. The molecule has 1 saturated carbocycles. The molecule has 0 aliphatic heterocycles. The molecule has 0 aromatic heterocycles. The van der Waals surface area contributed by atoms with Crippen LogP contribution in [0.25, 0.3) is 0 Å². The minimum Gasteiger partial charge on any atom is -0.383 e. The van der Waals surface area contributed by atoms with Crippen LogP contribution in [0, 0.1) is 16.7 Å². The molecule has 1 fully saturated rings. The Morgan fingerprint density at radius 2 is 1.83 bits per heavy atom. The van der Waals surface area contributed by atoms with Crippen molar-refractivity contribution in [2.45, 2.75) is 40.7 Å². The van der Waals surface area contributed by atoms with Crippen LogP contribution in [0.3, 0.4) is 0 Å². The van der Waals surface area contributed by atoms with Gasteiger partial charge in [0.2, 0.25) is 5.91 Å². The molecule has 4 heteroatoms. The van der Waals surface area contributed by atoms with E-state index in [0.29, 0.717) is 29.9 Å². The minimum absolute atomic E-state index is 0.0447. The van der Waals surface area contributed by atoms with E-state index >= 15 is 0 Å². The normalized spacial score (nSPS) is 22.6. The third kappa shape index (κ3) is 3.04. The van der Waals surface area contributed by atoms with E-state index in [1.54, 1.807) is 7.11 Å². The van der Waals surface area contributed by atoms with E-state index in [9.17, 15) is 4.79 Å². The van der Waals surface area contributed by atoms with Gasteiger partial charge >= 0.3 is 0 Å². The lowest BCUT2D eigenvalue weighted by atomic mass is 10.0. The van der Waals surface area contributed by atoms with Gasteiger partial charge in [-0.1, -0.05) is 27.7 Å². The first-order valence-corrected chi connectivity index (χ1v) is 6.75. The molecule has 18 heavy (non-hydrogen) atoms. The Kier molecular flexibility index (Phi) is 4.78. The van der Waals surface area contributed by atoms with Gasteiger partial charge in [0.25, 0.3) is 0 Å². The van der Waals surface area contributed by atoms with Crippen LogP contribution in [-0.2, 0) is 9.53 Å². The molecular formula is C14H28N2O2. The number of carbonyl (C=O) groups excluding carboxylic acids is 1. The average Bonchev–Trinajstić information content (AvgIpc) is 2.66. The highest BCUT2D eigenvalue weighted by Gasteiger charge is 2.63. The number of nitrogens with one attached hydrogen (secondary N) is 2. The summed E-state index contributed by atoms with van der Waals surface area (Å²) in [4.78, 5) is 11.7. The number of hydrogen-bond donors (Lipinski definition) is 2. The molecular weight excluding hydrogens is 228 g/mol. The molecule has 0 saturated heterocycles. The first-order chi connectivity index (χ1) is 8.25. The second-order valence-electron chi connectivity index (χ2n) is 6.41. The van der Waals surface area contributed by atoms with Crippen molar-refractivity contribution >= 4 is 5.91 Å². The quantitative estimate of drug-likeness (QED) is 0.677. The summed E-state index contributed by atoms with van der Waals surface area (Å²) in [5, 5.41) is 6.17. The maximum atomic E-state index is 11.7. The van der Waals surface area contributed by atoms with E-state index in [2.05, 4.69) is 38.3 Å². The SMILES string of the molecule is COCCNC(=O)C(C)NCC1C(C)(C)C1(C)C. The smallest absolute Gasteiger partial charge is 0.236 e. The van der Waals surface area contributed by atoms with Crippen LogP contribution >= 0.6 is 0 Å². The van der Waals surface area contributed by atoms with E-state index in [-0.39, 0.29) is 11.9 Å². The monoisotopic (exact) mass is 256 g/mol. The zero-order valence-corrected chi connectivity index (χ0v) is 12.6. The van der Waals surface area contributed by atoms with Crippen molar-refractivity contribution in [2.24, 2.45) is 16.7 Å². The fraction of sp³-hybridized carbons (Fsp3) is 0.929. The Labute approximate surface area is 111 Å². The van der Waals surface area contributed by atoms with Crippen molar-refractivity contribution in [2.75, 3.05) is 26.8 Å². The van der Waals surface area contributed by atoms with Gasteiger partial charge < -0.3 is 15.4 Å². The maximum Gasteiger partial charge on any atom is 0.236 e. The van der Waals surface area contributed by atoms with Crippen molar-refractivity contribution in [1.29, 1.82) is 0 Å². The van der Waals surface area contributed by atoms with Gasteiger partial charge in [0.05, 0.1) is 12.6 Å². The van der Waals surface area contributed by atoms with E-state index in [4.69, 9.17) is 4.74 Å².